The number of thiophene rings is 1. The van der Waals surface area contributed by atoms with Gasteiger partial charge in [0.15, 0.2) is 5.96 Å². The van der Waals surface area contributed by atoms with E-state index in [-0.39, 0.29) is 0 Å². The summed E-state index contributed by atoms with van der Waals surface area (Å²) in [7, 11) is 0. The Morgan fingerprint density at radius 2 is 2.27 bits per heavy atom. The number of aromatic nitrogens is 1. The second-order valence-electron chi connectivity index (χ2n) is 4.59. The Bertz CT molecular complexity index is 626. The average Bonchev–Trinajstić information content (AvgIpc) is 3.10. The Morgan fingerprint density at radius 1 is 1.45 bits per heavy atom. The minimum atomic E-state index is -0.605. The van der Waals surface area contributed by atoms with Crippen molar-refractivity contribution >= 4 is 40.2 Å². The van der Waals surface area contributed by atoms with E-state index in [9.17, 15) is 5.11 Å². The lowest BCUT2D eigenvalue weighted by Gasteiger charge is -2.14. The number of aliphatic hydroxyl groups is 1. The highest BCUT2D eigenvalue weighted by molar-refractivity contribution is 7.16. The molecular formula is C14H19ClN4OS2. The molecule has 2 rings (SSSR count). The van der Waals surface area contributed by atoms with Gasteiger partial charge in [-0.15, -0.1) is 22.7 Å². The number of nitrogens with zero attached hydrogens (tertiary/aromatic N) is 2. The standard InChI is InChI=1S/C14H19ClN4OS2/c1-3-16-14(18-7-12-9(2)19-8-21-12)17-6-10(20)11-4-5-13(15)22-11/h4-5,8,10,20H,3,6-7H2,1-2H3,(H2,16,17,18). The van der Waals surface area contributed by atoms with E-state index in [1.807, 2.05) is 25.4 Å². The predicted octanol–water partition coefficient (Wildman–Crippen LogP) is 2.96. The van der Waals surface area contributed by atoms with Crippen LogP contribution >= 0.6 is 34.3 Å². The van der Waals surface area contributed by atoms with E-state index in [2.05, 4.69) is 20.6 Å². The van der Waals surface area contributed by atoms with Crippen molar-refractivity contribution in [2.75, 3.05) is 13.1 Å². The van der Waals surface area contributed by atoms with Crippen LogP contribution in [-0.4, -0.2) is 29.1 Å². The monoisotopic (exact) mass is 358 g/mol. The van der Waals surface area contributed by atoms with Crippen LogP contribution in [0.2, 0.25) is 4.34 Å². The number of nitrogens with one attached hydrogen (secondary N) is 2. The summed E-state index contributed by atoms with van der Waals surface area (Å²) in [6.45, 7) is 5.70. The Balaban J connectivity index is 1.92. The SMILES string of the molecule is CCNC(=NCc1scnc1C)NCC(O)c1ccc(Cl)s1. The number of rotatable bonds is 6. The van der Waals surface area contributed by atoms with Gasteiger partial charge in [0, 0.05) is 22.8 Å². The molecule has 22 heavy (non-hydrogen) atoms. The van der Waals surface area contributed by atoms with E-state index < -0.39 is 6.10 Å². The van der Waals surface area contributed by atoms with Crippen LogP contribution in [0.4, 0.5) is 0 Å². The van der Waals surface area contributed by atoms with Gasteiger partial charge in [0.05, 0.1) is 22.1 Å². The Morgan fingerprint density at radius 3 is 2.86 bits per heavy atom. The number of halogens is 1. The molecule has 1 atom stereocenters. The first kappa shape index (κ1) is 17.2. The third-order valence-corrected chi connectivity index (χ3v) is 5.21. The summed E-state index contributed by atoms with van der Waals surface area (Å²) in [6.07, 6.45) is -0.605. The molecule has 0 saturated carbocycles. The second-order valence-corrected chi connectivity index (χ2v) is 7.28. The van der Waals surface area contributed by atoms with Gasteiger partial charge in [-0.05, 0) is 26.0 Å². The summed E-state index contributed by atoms with van der Waals surface area (Å²) in [5, 5.41) is 16.5. The molecule has 0 aliphatic heterocycles. The zero-order valence-corrected chi connectivity index (χ0v) is 14.9. The van der Waals surface area contributed by atoms with Crippen LogP contribution in [0.25, 0.3) is 0 Å². The van der Waals surface area contributed by atoms with E-state index >= 15 is 0 Å². The molecule has 0 saturated heterocycles. The molecule has 0 aliphatic carbocycles. The largest absolute Gasteiger partial charge is 0.386 e. The summed E-state index contributed by atoms with van der Waals surface area (Å²) in [4.78, 5) is 10.7. The average molecular weight is 359 g/mol. The van der Waals surface area contributed by atoms with Gasteiger partial charge < -0.3 is 15.7 Å². The number of aliphatic imine (C=N–C) groups is 1. The number of aliphatic hydroxyl groups excluding tert-OH is 1. The molecule has 1 unspecified atom stereocenters. The highest BCUT2D eigenvalue weighted by Crippen LogP contribution is 2.26. The van der Waals surface area contributed by atoms with E-state index in [1.165, 1.54) is 11.3 Å². The fraction of sp³-hybridized carbons (Fsp3) is 0.429. The van der Waals surface area contributed by atoms with Crippen LogP contribution in [0, 0.1) is 6.92 Å². The molecule has 0 aliphatic rings. The fourth-order valence-corrected chi connectivity index (χ4v) is 3.52. The number of guanidine groups is 1. The van der Waals surface area contributed by atoms with Crippen molar-refractivity contribution in [2.45, 2.75) is 26.5 Å². The predicted molar refractivity (Wildman–Crippen MR) is 94.0 cm³/mol. The Kier molecular flexibility index (Phi) is 6.63. The van der Waals surface area contributed by atoms with Gasteiger partial charge in [-0.3, -0.25) is 0 Å². The first-order valence-corrected chi connectivity index (χ1v) is 9.02. The molecule has 2 aromatic rings. The van der Waals surface area contributed by atoms with Crippen LogP contribution in [0.15, 0.2) is 22.6 Å². The van der Waals surface area contributed by atoms with Crippen LogP contribution < -0.4 is 10.6 Å². The van der Waals surface area contributed by atoms with E-state index in [0.717, 1.165) is 22.0 Å². The van der Waals surface area contributed by atoms with Crippen molar-refractivity contribution in [1.82, 2.24) is 15.6 Å². The summed E-state index contributed by atoms with van der Waals surface area (Å²) >= 11 is 8.86. The molecule has 0 fully saturated rings. The molecule has 0 amide bonds. The number of hydrogen-bond acceptors (Lipinski definition) is 5. The van der Waals surface area contributed by atoms with Gasteiger partial charge in [0.25, 0.3) is 0 Å². The minimum Gasteiger partial charge on any atom is -0.386 e. The maximum atomic E-state index is 10.1. The van der Waals surface area contributed by atoms with Crippen molar-refractivity contribution < 1.29 is 5.11 Å². The lowest BCUT2D eigenvalue weighted by atomic mass is 10.3. The van der Waals surface area contributed by atoms with Gasteiger partial charge in [-0.25, -0.2) is 9.98 Å². The first-order chi connectivity index (χ1) is 10.6. The number of thiazole rings is 1. The van der Waals surface area contributed by atoms with Gasteiger partial charge in [-0.1, -0.05) is 11.6 Å². The summed E-state index contributed by atoms with van der Waals surface area (Å²) in [6, 6.07) is 3.63. The zero-order chi connectivity index (χ0) is 15.9. The topological polar surface area (TPSA) is 69.5 Å². The van der Waals surface area contributed by atoms with Crippen LogP contribution in [-0.2, 0) is 6.54 Å². The lowest BCUT2D eigenvalue weighted by molar-refractivity contribution is 0.184. The summed E-state index contributed by atoms with van der Waals surface area (Å²) in [5.41, 5.74) is 2.84. The fourth-order valence-electron chi connectivity index (χ4n) is 1.77. The summed E-state index contributed by atoms with van der Waals surface area (Å²) < 4.78 is 0.676. The quantitative estimate of drug-likeness (QED) is 0.548. The van der Waals surface area contributed by atoms with Crippen molar-refractivity contribution in [2.24, 2.45) is 4.99 Å². The summed E-state index contributed by atoms with van der Waals surface area (Å²) in [5.74, 6) is 0.678. The van der Waals surface area contributed by atoms with Gasteiger partial charge in [0.1, 0.15) is 6.10 Å². The molecule has 2 aromatic heterocycles. The molecule has 0 spiro atoms. The second kappa shape index (κ2) is 8.47. The molecule has 0 aromatic carbocycles. The number of aryl methyl sites for hydroxylation is 1. The Labute approximate surface area is 143 Å². The lowest BCUT2D eigenvalue weighted by Crippen LogP contribution is -2.39. The molecular weight excluding hydrogens is 340 g/mol. The molecule has 5 nitrogen and oxygen atoms in total. The van der Waals surface area contributed by atoms with Crippen molar-refractivity contribution in [3.8, 4) is 0 Å². The molecule has 0 bridgehead atoms. The van der Waals surface area contributed by atoms with Crippen molar-refractivity contribution in [3.05, 3.63) is 37.4 Å². The van der Waals surface area contributed by atoms with E-state index in [0.29, 0.717) is 23.4 Å². The molecule has 0 radical (unpaired) electrons. The molecule has 8 heteroatoms. The molecule has 120 valence electrons. The smallest absolute Gasteiger partial charge is 0.191 e. The highest BCUT2D eigenvalue weighted by Gasteiger charge is 2.11. The Hall–Kier alpha value is -1.15. The maximum absolute atomic E-state index is 10.1. The maximum Gasteiger partial charge on any atom is 0.191 e. The van der Waals surface area contributed by atoms with Crippen LogP contribution in [0.5, 0.6) is 0 Å². The first-order valence-electron chi connectivity index (χ1n) is 6.94. The van der Waals surface area contributed by atoms with Gasteiger partial charge in [-0.2, -0.15) is 0 Å². The third kappa shape index (κ3) is 4.95. The highest BCUT2D eigenvalue weighted by atomic mass is 35.5. The minimum absolute atomic E-state index is 0.379. The van der Waals surface area contributed by atoms with Crippen LogP contribution in [0.1, 0.15) is 28.5 Å². The van der Waals surface area contributed by atoms with Crippen molar-refractivity contribution in [1.29, 1.82) is 0 Å². The van der Waals surface area contributed by atoms with Gasteiger partial charge in [0.2, 0.25) is 0 Å². The van der Waals surface area contributed by atoms with Crippen LogP contribution in [0.3, 0.4) is 0 Å². The number of hydrogen-bond donors (Lipinski definition) is 3. The third-order valence-electron chi connectivity index (χ3n) is 2.96. The molecule has 3 N–H and O–H groups in total. The van der Waals surface area contributed by atoms with E-state index in [4.69, 9.17) is 11.6 Å². The van der Waals surface area contributed by atoms with Gasteiger partial charge >= 0.3 is 0 Å². The van der Waals surface area contributed by atoms with E-state index in [1.54, 1.807) is 17.4 Å². The zero-order valence-electron chi connectivity index (χ0n) is 12.5. The normalized spacial score (nSPS) is 13.2. The van der Waals surface area contributed by atoms with Crippen molar-refractivity contribution in [3.63, 3.8) is 0 Å². The molecule has 2 heterocycles.